The molecule has 1 aromatic heterocycles. The Morgan fingerprint density at radius 1 is 1.25 bits per heavy atom. The minimum Gasteiger partial charge on any atom is -0.240 e. The smallest absolute Gasteiger partial charge is 0.240 e. The quantitative estimate of drug-likeness (QED) is 0.465. The third kappa shape index (κ3) is 4.43. The van der Waals surface area contributed by atoms with Gasteiger partial charge in [0.2, 0.25) is 0 Å². The average Bonchev–Trinajstić information content (AvgIpc) is 2.54. The van der Waals surface area contributed by atoms with Crippen LogP contribution in [0, 0.1) is 11.3 Å². The van der Waals surface area contributed by atoms with Crippen LogP contribution in [0.1, 0.15) is 30.9 Å². The molecule has 0 unspecified atom stereocenters. The molecule has 0 saturated heterocycles. The van der Waals surface area contributed by atoms with Gasteiger partial charge in [0.1, 0.15) is 11.1 Å². The summed E-state index contributed by atoms with van der Waals surface area (Å²) in [7, 11) is 0. The molecule has 0 aliphatic heterocycles. The second-order valence-corrected chi connectivity index (χ2v) is 6.57. The molecule has 0 saturated carbocycles. The molecular formula is C17H14ClF3N2S. The number of thioether (sulfide) groups is 1. The first-order valence-corrected chi connectivity index (χ1v) is 8.64. The van der Waals surface area contributed by atoms with Crippen molar-refractivity contribution in [3.05, 3.63) is 46.5 Å². The number of aromatic nitrogens is 1. The maximum atomic E-state index is 13.4. The van der Waals surface area contributed by atoms with Gasteiger partial charge in [0, 0.05) is 10.6 Å². The number of benzene rings is 1. The molecule has 0 amide bonds. The first kappa shape index (κ1) is 18.6. The zero-order chi connectivity index (χ0) is 17.7. The number of nitrogens with zero attached hydrogens (tertiary/aromatic N) is 2. The van der Waals surface area contributed by atoms with Crippen molar-refractivity contribution in [2.24, 2.45) is 0 Å². The van der Waals surface area contributed by atoms with Crippen LogP contribution in [0.25, 0.3) is 11.3 Å². The van der Waals surface area contributed by atoms with Crippen LogP contribution < -0.4 is 0 Å². The number of hydrogen-bond acceptors (Lipinski definition) is 3. The molecule has 1 heterocycles. The fraction of sp³-hybridized carbons (Fsp3) is 0.294. The van der Waals surface area contributed by atoms with Gasteiger partial charge in [0.05, 0.1) is 16.8 Å². The molecule has 7 heteroatoms. The highest BCUT2D eigenvalue weighted by Crippen LogP contribution is 2.38. The van der Waals surface area contributed by atoms with Crippen molar-refractivity contribution in [2.75, 3.05) is 5.75 Å². The molecule has 1 aromatic carbocycles. The fourth-order valence-electron chi connectivity index (χ4n) is 2.04. The van der Waals surface area contributed by atoms with Gasteiger partial charge >= 0.3 is 6.18 Å². The van der Waals surface area contributed by atoms with E-state index in [1.165, 1.54) is 11.8 Å². The van der Waals surface area contributed by atoms with Crippen molar-refractivity contribution in [3.63, 3.8) is 0 Å². The lowest BCUT2D eigenvalue weighted by atomic mass is 10.1. The maximum absolute atomic E-state index is 13.4. The topological polar surface area (TPSA) is 36.7 Å². The van der Waals surface area contributed by atoms with Crippen LogP contribution in [0.15, 0.2) is 35.4 Å². The standard InChI is InChI=1S/C17H14ClF3N2S/c1-2-3-8-24-16-13(10-22)14(17(19,20)21)9-15(23-16)11-4-6-12(18)7-5-11/h4-7,9H,2-3,8H2,1H3. The average molecular weight is 371 g/mol. The van der Waals surface area contributed by atoms with E-state index < -0.39 is 17.3 Å². The van der Waals surface area contributed by atoms with Crippen LogP contribution in [0.2, 0.25) is 5.02 Å². The van der Waals surface area contributed by atoms with Crippen molar-refractivity contribution in [3.8, 4) is 17.3 Å². The molecule has 0 aliphatic carbocycles. The van der Waals surface area contributed by atoms with Crippen LogP contribution in [0.5, 0.6) is 0 Å². The summed E-state index contributed by atoms with van der Waals surface area (Å²) < 4.78 is 40.1. The third-order valence-electron chi connectivity index (χ3n) is 3.28. The van der Waals surface area contributed by atoms with Crippen molar-refractivity contribution in [1.29, 1.82) is 5.26 Å². The Hall–Kier alpha value is -1.71. The minimum absolute atomic E-state index is 0.116. The van der Waals surface area contributed by atoms with Gasteiger partial charge in [-0.05, 0) is 30.4 Å². The van der Waals surface area contributed by atoms with Crippen LogP contribution in [-0.2, 0) is 6.18 Å². The van der Waals surface area contributed by atoms with E-state index in [0.29, 0.717) is 16.3 Å². The second-order valence-electron chi connectivity index (χ2n) is 5.05. The van der Waals surface area contributed by atoms with Gasteiger partial charge in [0.25, 0.3) is 0 Å². The number of rotatable bonds is 5. The van der Waals surface area contributed by atoms with Gasteiger partial charge in [0.15, 0.2) is 0 Å². The Morgan fingerprint density at radius 2 is 1.92 bits per heavy atom. The highest BCUT2D eigenvalue weighted by atomic mass is 35.5. The van der Waals surface area contributed by atoms with E-state index in [0.717, 1.165) is 18.9 Å². The highest BCUT2D eigenvalue weighted by molar-refractivity contribution is 7.99. The van der Waals surface area contributed by atoms with Gasteiger partial charge < -0.3 is 0 Å². The Kier molecular flexibility index (Phi) is 6.14. The van der Waals surface area contributed by atoms with E-state index in [-0.39, 0.29) is 10.7 Å². The zero-order valence-corrected chi connectivity index (χ0v) is 14.4. The van der Waals surface area contributed by atoms with Crippen molar-refractivity contribution < 1.29 is 13.2 Å². The summed E-state index contributed by atoms with van der Waals surface area (Å²) >= 11 is 7.00. The number of hydrogen-bond donors (Lipinski definition) is 0. The third-order valence-corrected chi connectivity index (χ3v) is 4.59. The Morgan fingerprint density at radius 3 is 2.46 bits per heavy atom. The van der Waals surface area contributed by atoms with E-state index in [2.05, 4.69) is 4.98 Å². The number of nitriles is 1. The predicted octanol–water partition coefficient (Wildman–Crippen LogP) is 6.18. The van der Waals surface area contributed by atoms with Crippen LogP contribution >= 0.6 is 23.4 Å². The minimum atomic E-state index is -4.62. The molecule has 0 N–H and O–H groups in total. The Bertz CT molecular complexity index is 752. The molecule has 0 radical (unpaired) electrons. The highest BCUT2D eigenvalue weighted by Gasteiger charge is 2.36. The SMILES string of the molecule is CCCCSc1nc(-c2ccc(Cl)cc2)cc(C(F)(F)F)c1C#N. The van der Waals surface area contributed by atoms with Crippen LogP contribution in [0.4, 0.5) is 13.2 Å². The van der Waals surface area contributed by atoms with Crippen molar-refractivity contribution in [2.45, 2.75) is 31.0 Å². The summed E-state index contributed by atoms with van der Waals surface area (Å²) in [6, 6.07) is 8.98. The van der Waals surface area contributed by atoms with E-state index in [1.807, 2.05) is 6.92 Å². The number of pyridine rings is 1. The second kappa shape index (κ2) is 7.91. The van der Waals surface area contributed by atoms with Crippen LogP contribution in [0.3, 0.4) is 0 Å². The van der Waals surface area contributed by atoms with E-state index in [1.54, 1.807) is 30.3 Å². The number of alkyl halides is 3. The molecule has 0 bridgehead atoms. The van der Waals surface area contributed by atoms with Crippen molar-refractivity contribution >= 4 is 23.4 Å². The summed E-state index contributed by atoms with van der Waals surface area (Å²) in [4.78, 5) is 4.29. The molecule has 2 rings (SSSR count). The largest absolute Gasteiger partial charge is 0.417 e. The summed E-state index contributed by atoms with van der Waals surface area (Å²) in [5.41, 5.74) is -0.672. The van der Waals surface area contributed by atoms with Gasteiger partial charge in [-0.2, -0.15) is 18.4 Å². The monoisotopic (exact) mass is 370 g/mol. The van der Waals surface area contributed by atoms with E-state index in [4.69, 9.17) is 11.6 Å². The molecule has 24 heavy (non-hydrogen) atoms. The lowest BCUT2D eigenvalue weighted by Crippen LogP contribution is -2.10. The Labute approximate surface area is 147 Å². The van der Waals surface area contributed by atoms with Crippen LogP contribution in [-0.4, -0.2) is 10.7 Å². The molecule has 0 atom stereocenters. The molecule has 0 aliphatic rings. The maximum Gasteiger partial charge on any atom is 0.417 e. The van der Waals surface area contributed by atoms with Gasteiger partial charge in [-0.3, -0.25) is 0 Å². The summed E-state index contributed by atoms with van der Waals surface area (Å²) in [5, 5.41) is 9.80. The number of unbranched alkanes of at least 4 members (excludes halogenated alkanes) is 1. The lowest BCUT2D eigenvalue weighted by Gasteiger charge is -2.14. The molecule has 0 spiro atoms. The molecule has 2 nitrogen and oxygen atoms in total. The summed E-state index contributed by atoms with van der Waals surface area (Å²) in [6.45, 7) is 1.99. The molecular weight excluding hydrogens is 357 g/mol. The van der Waals surface area contributed by atoms with E-state index in [9.17, 15) is 18.4 Å². The van der Waals surface area contributed by atoms with Gasteiger partial charge in [-0.25, -0.2) is 4.98 Å². The number of halogens is 4. The molecule has 0 fully saturated rings. The first-order chi connectivity index (χ1) is 11.4. The lowest BCUT2D eigenvalue weighted by molar-refractivity contribution is -0.138. The zero-order valence-electron chi connectivity index (χ0n) is 12.8. The fourth-order valence-corrected chi connectivity index (χ4v) is 3.25. The van der Waals surface area contributed by atoms with Gasteiger partial charge in [-0.1, -0.05) is 37.1 Å². The summed E-state index contributed by atoms with van der Waals surface area (Å²) in [6.07, 6.45) is -2.86. The summed E-state index contributed by atoms with van der Waals surface area (Å²) in [5.74, 6) is 0.611. The molecule has 126 valence electrons. The Balaban J connectivity index is 2.58. The van der Waals surface area contributed by atoms with Gasteiger partial charge in [-0.15, -0.1) is 11.8 Å². The van der Waals surface area contributed by atoms with E-state index >= 15 is 0 Å². The predicted molar refractivity (Wildman–Crippen MR) is 90.0 cm³/mol. The molecule has 2 aromatic rings. The normalized spacial score (nSPS) is 11.3. The first-order valence-electron chi connectivity index (χ1n) is 7.28. The van der Waals surface area contributed by atoms with Crippen molar-refractivity contribution in [1.82, 2.24) is 4.98 Å².